The van der Waals surface area contributed by atoms with Crippen molar-refractivity contribution in [3.05, 3.63) is 48.0 Å². The molecule has 110 valence electrons. The van der Waals surface area contributed by atoms with Crippen LogP contribution in [0.1, 0.15) is 43.0 Å². The maximum atomic E-state index is 12.9. The molecule has 1 saturated heterocycles. The molecule has 0 radical (unpaired) electrons. The number of hydrogen-bond acceptors (Lipinski definition) is 2. The van der Waals surface area contributed by atoms with Gasteiger partial charge in [0, 0.05) is 5.56 Å². The molecule has 1 atom stereocenters. The van der Waals surface area contributed by atoms with Gasteiger partial charge in [0.1, 0.15) is 0 Å². The van der Waals surface area contributed by atoms with Crippen molar-refractivity contribution in [1.29, 1.82) is 0 Å². The molecule has 0 bridgehead atoms. The van der Waals surface area contributed by atoms with Crippen LogP contribution in [0.25, 0.3) is 10.8 Å². The summed E-state index contributed by atoms with van der Waals surface area (Å²) in [5.41, 5.74) is 0.860. The number of ketones is 1. The Bertz CT molecular complexity index is 628. The van der Waals surface area contributed by atoms with E-state index in [9.17, 15) is 4.79 Å². The molecule has 2 heteroatoms. The Hall–Kier alpha value is -1.67. The van der Waals surface area contributed by atoms with E-state index in [-0.39, 0.29) is 6.04 Å². The lowest BCUT2D eigenvalue weighted by molar-refractivity contribution is 0.0837. The highest BCUT2D eigenvalue weighted by Crippen LogP contribution is 2.22. The molecular formula is C19H23NO. The Morgan fingerprint density at radius 3 is 2.52 bits per heavy atom. The molecule has 3 rings (SSSR count). The van der Waals surface area contributed by atoms with Crippen LogP contribution in [0.5, 0.6) is 0 Å². The van der Waals surface area contributed by atoms with E-state index in [0.717, 1.165) is 36.9 Å². The topological polar surface area (TPSA) is 20.3 Å². The minimum absolute atomic E-state index is 0.0682. The third-order valence-corrected chi connectivity index (χ3v) is 4.48. The van der Waals surface area contributed by atoms with Crippen LogP contribution in [0.15, 0.2) is 42.5 Å². The highest BCUT2D eigenvalue weighted by Gasteiger charge is 2.28. The number of benzene rings is 2. The SMILES string of the molecule is CCC[C@H](C(=O)c1ccc2ccccc2c1)N1CCCC1. The normalized spacial score (nSPS) is 17.2. The van der Waals surface area contributed by atoms with Crippen LogP contribution in [-0.2, 0) is 0 Å². The first-order valence-electron chi connectivity index (χ1n) is 8.06. The zero-order valence-corrected chi connectivity index (χ0v) is 12.7. The maximum absolute atomic E-state index is 12.9. The van der Waals surface area contributed by atoms with E-state index in [1.807, 2.05) is 18.2 Å². The standard InChI is InChI=1S/C19H23NO/c1-2-7-18(20-12-5-6-13-20)19(21)17-11-10-15-8-3-4-9-16(15)14-17/h3-4,8-11,14,18H,2,5-7,12-13H2,1H3/t18-/m1/s1. The molecule has 0 aliphatic carbocycles. The molecular weight excluding hydrogens is 258 g/mol. The largest absolute Gasteiger partial charge is 0.293 e. The van der Waals surface area contributed by atoms with Crippen LogP contribution < -0.4 is 0 Å². The van der Waals surface area contributed by atoms with Crippen molar-refractivity contribution in [2.45, 2.75) is 38.6 Å². The van der Waals surface area contributed by atoms with E-state index in [2.05, 4.69) is 36.1 Å². The van der Waals surface area contributed by atoms with Crippen molar-refractivity contribution in [1.82, 2.24) is 4.90 Å². The van der Waals surface area contributed by atoms with E-state index in [0.29, 0.717) is 5.78 Å². The quantitative estimate of drug-likeness (QED) is 0.762. The summed E-state index contributed by atoms with van der Waals surface area (Å²) >= 11 is 0. The summed E-state index contributed by atoms with van der Waals surface area (Å²) in [7, 11) is 0. The summed E-state index contributed by atoms with van der Waals surface area (Å²) in [6.45, 7) is 4.31. The number of hydrogen-bond donors (Lipinski definition) is 0. The second-order valence-electron chi connectivity index (χ2n) is 5.97. The Kier molecular flexibility index (Phi) is 4.35. The average molecular weight is 281 g/mol. The fourth-order valence-electron chi connectivity index (χ4n) is 3.34. The lowest BCUT2D eigenvalue weighted by atomic mass is 9.97. The van der Waals surface area contributed by atoms with E-state index in [1.54, 1.807) is 0 Å². The molecule has 1 aliphatic heterocycles. The van der Waals surface area contributed by atoms with Gasteiger partial charge in [-0.3, -0.25) is 9.69 Å². The van der Waals surface area contributed by atoms with Crippen LogP contribution in [0.3, 0.4) is 0 Å². The fraction of sp³-hybridized carbons (Fsp3) is 0.421. The van der Waals surface area contributed by atoms with Crippen LogP contribution in [0.4, 0.5) is 0 Å². The average Bonchev–Trinajstić information content (AvgIpc) is 3.05. The maximum Gasteiger partial charge on any atom is 0.179 e. The van der Waals surface area contributed by atoms with Crippen molar-refractivity contribution in [2.24, 2.45) is 0 Å². The van der Waals surface area contributed by atoms with Gasteiger partial charge >= 0.3 is 0 Å². The predicted octanol–water partition coefficient (Wildman–Crippen LogP) is 4.29. The van der Waals surface area contributed by atoms with Crippen molar-refractivity contribution in [3.63, 3.8) is 0 Å². The molecule has 21 heavy (non-hydrogen) atoms. The van der Waals surface area contributed by atoms with Gasteiger partial charge in [0.25, 0.3) is 0 Å². The molecule has 0 saturated carbocycles. The number of carbonyl (C=O) groups excluding carboxylic acids is 1. The Labute approximate surface area is 126 Å². The molecule has 1 aliphatic rings. The molecule has 1 heterocycles. The summed E-state index contributed by atoms with van der Waals surface area (Å²) in [5.74, 6) is 0.296. The summed E-state index contributed by atoms with van der Waals surface area (Å²) in [6, 6.07) is 14.4. The highest BCUT2D eigenvalue weighted by atomic mass is 16.1. The van der Waals surface area contributed by atoms with Gasteiger partial charge in [-0.2, -0.15) is 0 Å². The van der Waals surface area contributed by atoms with Crippen LogP contribution >= 0.6 is 0 Å². The molecule has 2 aromatic carbocycles. The third-order valence-electron chi connectivity index (χ3n) is 4.48. The second kappa shape index (κ2) is 6.40. The van der Waals surface area contributed by atoms with Crippen LogP contribution in [0.2, 0.25) is 0 Å². The minimum Gasteiger partial charge on any atom is -0.293 e. The zero-order valence-electron chi connectivity index (χ0n) is 12.7. The van der Waals surface area contributed by atoms with E-state index < -0.39 is 0 Å². The minimum atomic E-state index is 0.0682. The van der Waals surface area contributed by atoms with E-state index in [4.69, 9.17) is 0 Å². The molecule has 0 amide bonds. The fourth-order valence-corrected chi connectivity index (χ4v) is 3.34. The Morgan fingerprint density at radius 1 is 1.10 bits per heavy atom. The number of carbonyl (C=O) groups is 1. The van der Waals surface area contributed by atoms with Crippen LogP contribution in [-0.4, -0.2) is 29.8 Å². The molecule has 1 fully saturated rings. The monoisotopic (exact) mass is 281 g/mol. The number of nitrogens with zero attached hydrogens (tertiary/aromatic N) is 1. The smallest absolute Gasteiger partial charge is 0.179 e. The Morgan fingerprint density at radius 2 is 1.81 bits per heavy atom. The highest BCUT2D eigenvalue weighted by molar-refractivity contribution is 6.03. The van der Waals surface area contributed by atoms with Crippen LogP contribution in [0, 0.1) is 0 Å². The first-order valence-corrected chi connectivity index (χ1v) is 8.06. The van der Waals surface area contributed by atoms with E-state index >= 15 is 0 Å². The van der Waals surface area contributed by atoms with Crippen molar-refractivity contribution < 1.29 is 4.79 Å². The lowest BCUT2D eigenvalue weighted by Crippen LogP contribution is -2.39. The molecule has 0 aromatic heterocycles. The van der Waals surface area contributed by atoms with Gasteiger partial charge < -0.3 is 0 Å². The Balaban J connectivity index is 1.89. The van der Waals surface area contributed by atoms with Crippen molar-refractivity contribution >= 4 is 16.6 Å². The first-order chi connectivity index (χ1) is 10.3. The van der Waals surface area contributed by atoms with Crippen molar-refractivity contribution in [3.8, 4) is 0 Å². The number of fused-ring (bicyclic) bond motifs is 1. The van der Waals surface area contributed by atoms with E-state index in [1.165, 1.54) is 18.2 Å². The zero-order chi connectivity index (χ0) is 14.7. The van der Waals surface area contributed by atoms with Gasteiger partial charge in [0.05, 0.1) is 6.04 Å². The summed E-state index contributed by atoms with van der Waals surface area (Å²) < 4.78 is 0. The summed E-state index contributed by atoms with van der Waals surface area (Å²) in [4.78, 5) is 15.3. The van der Waals surface area contributed by atoms with Gasteiger partial charge in [-0.05, 0) is 49.2 Å². The number of Topliss-reactive ketones (excluding diaryl/α,β-unsaturated/α-hetero) is 1. The van der Waals surface area contributed by atoms with Gasteiger partial charge in [-0.15, -0.1) is 0 Å². The van der Waals surface area contributed by atoms with Gasteiger partial charge in [-0.1, -0.05) is 49.7 Å². The molecule has 0 spiro atoms. The molecule has 2 aromatic rings. The lowest BCUT2D eigenvalue weighted by Gasteiger charge is -2.26. The van der Waals surface area contributed by atoms with Gasteiger partial charge in [-0.25, -0.2) is 0 Å². The summed E-state index contributed by atoms with van der Waals surface area (Å²) in [6.07, 6.45) is 4.47. The predicted molar refractivity (Wildman–Crippen MR) is 87.8 cm³/mol. The van der Waals surface area contributed by atoms with Gasteiger partial charge in [0.15, 0.2) is 5.78 Å². The first kappa shape index (κ1) is 14.3. The summed E-state index contributed by atoms with van der Waals surface area (Å²) in [5, 5.41) is 2.35. The second-order valence-corrected chi connectivity index (χ2v) is 5.97. The molecule has 0 N–H and O–H groups in total. The molecule has 2 nitrogen and oxygen atoms in total. The number of likely N-dealkylation sites (tertiary alicyclic amines) is 1. The number of rotatable bonds is 5. The molecule has 0 unspecified atom stereocenters. The third kappa shape index (κ3) is 3.01. The van der Waals surface area contributed by atoms with Gasteiger partial charge in [0.2, 0.25) is 0 Å². The van der Waals surface area contributed by atoms with Crippen molar-refractivity contribution in [2.75, 3.05) is 13.1 Å².